The molecule has 2 atom stereocenters. The van der Waals surface area contributed by atoms with Crippen LogP contribution in [-0.2, 0) is 10.2 Å². The van der Waals surface area contributed by atoms with E-state index in [-0.39, 0.29) is 17.4 Å². The summed E-state index contributed by atoms with van der Waals surface area (Å²) in [5, 5.41) is 0. The van der Waals surface area contributed by atoms with Crippen LogP contribution in [-0.4, -0.2) is 44.7 Å². The fourth-order valence-electron chi connectivity index (χ4n) is 4.89. The van der Waals surface area contributed by atoms with E-state index in [0.717, 1.165) is 48.6 Å². The minimum atomic E-state index is -0.288. The van der Waals surface area contributed by atoms with E-state index in [1.807, 2.05) is 31.2 Å². The molecule has 2 unspecified atom stereocenters. The third kappa shape index (κ3) is 3.58. The van der Waals surface area contributed by atoms with Gasteiger partial charge in [0.25, 0.3) is 0 Å². The second-order valence-electron chi connectivity index (χ2n) is 8.29. The molecule has 4 rings (SSSR count). The molecule has 2 aliphatic rings. The van der Waals surface area contributed by atoms with Crippen LogP contribution in [0.4, 0.5) is 0 Å². The average molecular weight is 408 g/mol. The van der Waals surface area contributed by atoms with Gasteiger partial charge in [0.15, 0.2) is 11.5 Å². The highest BCUT2D eigenvalue weighted by atomic mass is 16.5. The topological polar surface area (TPSA) is 48.0 Å². The van der Waals surface area contributed by atoms with E-state index < -0.39 is 0 Å². The molecular weight excluding hydrogens is 378 g/mol. The number of nitrogens with zero attached hydrogens (tertiary/aromatic N) is 1. The minimum absolute atomic E-state index is 0.0203. The summed E-state index contributed by atoms with van der Waals surface area (Å²) in [5.41, 5.74) is 2.86. The molecule has 1 heterocycles. The largest absolute Gasteiger partial charge is 0.493 e. The average Bonchev–Trinajstić information content (AvgIpc) is 3.10. The van der Waals surface area contributed by atoms with E-state index in [9.17, 15) is 4.79 Å². The van der Waals surface area contributed by atoms with Gasteiger partial charge in [-0.05, 0) is 69.3 Å². The van der Waals surface area contributed by atoms with Gasteiger partial charge in [0.1, 0.15) is 5.76 Å². The van der Waals surface area contributed by atoms with Crippen LogP contribution in [0.5, 0.6) is 11.5 Å². The zero-order valence-corrected chi connectivity index (χ0v) is 18.1. The molecule has 30 heavy (non-hydrogen) atoms. The molecule has 2 aromatic rings. The normalized spacial score (nSPS) is 23.5. The summed E-state index contributed by atoms with van der Waals surface area (Å²) in [6.07, 6.45) is 4.85. The van der Waals surface area contributed by atoms with Crippen LogP contribution >= 0.6 is 0 Å². The van der Waals surface area contributed by atoms with Gasteiger partial charge in [-0.3, -0.25) is 4.90 Å². The Morgan fingerprint density at radius 3 is 2.60 bits per heavy atom. The zero-order valence-electron chi connectivity index (χ0n) is 18.1. The lowest BCUT2D eigenvalue weighted by atomic mass is 9.68. The Morgan fingerprint density at radius 1 is 1.07 bits per heavy atom. The number of likely N-dealkylation sites (N-methyl/N-ethyl adjacent to an activating group) is 1. The van der Waals surface area contributed by atoms with E-state index in [1.165, 1.54) is 5.56 Å². The second-order valence-corrected chi connectivity index (χ2v) is 8.29. The number of fused-ring (bicyclic) bond motifs is 1. The number of methoxy groups -OCH3 is 2. The number of aryl methyl sites for hydroxylation is 1. The van der Waals surface area contributed by atoms with Crippen molar-refractivity contribution < 1.29 is 19.0 Å². The zero-order chi connectivity index (χ0) is 21.3. The van der Waals surface area contributed by atoms with Crippen molar-refractivity contribution in [2.75, 3.05) is 27.8 Å². The number of hydrogen-bond donors (Lipinski definition) is 0. The van der Waals surface area contributed by atoms with Gasteiger partial charge in [-0.1, -0.05) is 23.8 Å². The number of esters is 1. The Kier molecular flexibility index (Phi) is 5.56. The molecule has 5 heteroatoms. The van der Waals surface area contributed by atoms with Crippen LogP contribution in [0.3, 0.4) is 0 Å². The van der Waals surface area contributed by atoms with E-state index in [1.54, 1.807) is 20.3 Å². The van der Waals surface area contributed by atoms with Crippen molar-refractivity contribution in [3.8, 4) is 11.5 Å². The number of hydrogen-bond acceptors (Lipinski definition) is 5. The summed E-state index contributed by atoms with van der Waals surface area (Å²) in [4.78, 5) is 15.0. The summed E-state index contributed by atoms with van der Waals surface area (Å²) in [7, 11) is 5.45. The van der Waals surface area contributed by atoms with Crippen LogP contribution < -0.4 is 9.47 Å². The van der Waals surface area contributed by atoms with Gasteiger partial charge in [0.2, 0.25) is 0 Å². The molecule has 0 bridgehead atoms. The first kappa shape index (κ1) is 20.5. The third-order valence-corrected chi connectivity index (χ3v) is 6.55. The van der Waals surface area contributed by atoms with Gasteiger partial charge < -0.3 is 14.2 Å². The minimum Gasteiger partial charge on any atom is -0.493 e. The number of likely N-dealkylation sites (tertiary alicyclic amines) is 1. The van der Waals surface area contributed by atoms with Crippen molar-refractivity contribution in [2.45, 2.75) is 37.6 Å². The Balaban J connectivity index is 1.62. The highest BCUT2D eigenvalue weighted by molar-refractivity contribution is 5.90. The van der Waals surface area contributed by atoms with Crippen LogP contribution in [0, 0.1) is 6.92 Å². The number of carbonyl (C=O) groups is 1. The smallest absolute Gasteiger partial charge is 0.343 e. The van der Waals surface area contributed by atoms with Gasteiger partial charge in [0.05, 0.1) is 19.8 Å². The van der Waals surface area contributed by atoms with Crippen molar-refractivity contribution in [2.24, 2.45) is 0 Å². The number of allylic oxidation sites excluding steroid dienone is 1. The maximum atomic E-state index is 12.6. The molecule has 0 N–H and O–H groups in total. The van der Waals surface area contributed by atoms with Gasteiger partial charge in [0, 0.05) is 17.9 Å². The first-order valence-electron chi connectivity index (χ1n) is 10.4. The van der Waals surface area contributed by atoms with Crippen LogP contribution in [0.15, 0.2) is 54.3 Å². The Morgan fingerprint density at radius 2 is 1.87 bits per heavy atom. The molecular formula is C25H29NO4. The summed E-state index contributed by atoms with van der Waals surface area (Å²) >= 11 is 0. The first-order valence-corrected chi connectivity index (χ1v) is 10.4. The molecule has 0 aromatic heterocycles. The van der Waals surface area contributed by atoms with Gasteiger partial charge in [-0.2, -0.15) is 0 Å². The SMILES string of the molecule is COc1ccc(C23CCC(OC(=O)c4cccc(C)c4)=CC2N(C)CC3)cc1OC. The van der Waals surface area contributed by atoms with Gasteiger partial charge in [-0.25, -0.2) is 4.79 Å². The second kappa shape index (κ2) is 8.15. The predicted molar refractivity (Wildman–Crippen MR) is 116 cm³/mol. The van der Waals surface area contributed by atoms with Crippen molar-refractivity contribution in [1.82, 2.24) is 4.90 Å². The molecule has 1 aliphatic heterocycles. The maximum absolute atomic E-state index is 12.6. The summed E-state index contributed by atoms with van der Waals surface area (Å²) in [5.74, 6) is 1.96. The fourth-order valence-corrected chi connectivity index (χ4v) is 4.89. The van der Waals surface area contributed by atoms with Crippen molar-refractivity contribution in [1.29, 1.82) is 0 Å². The Hall–Kier alpha value is -2.79. The Labute approximate surface area is 178 Å². The molecule has 2 aromatic carbocycles. The highest BCUT2D eigenvalue weighted by Crippen LogP contribution is 2.49. The monoisotopic (exact) mass is 407 g/mol. The molecule has 158 valence electrons. The predicted octanol–water partition coefficient (Wildman–Crippen LogP) is 4.49. The van der Waals surface area contributed by atoms with Gasteiger partial charge >= 0.3 is 5.97 Å². The van der Waals surface area contributed by atoms with Crippen molar-refractivity contribution in [3.63, 3.8) is 0 Å². The molecule has 1 aliphatic carbocycles. The standard InChI is InChI=1S/C25H29NO4/c1-17-6-5-7-18(14-17)24(27)30-20-10-11-25(12-13-26(2)23(25)16-20)19-8-9-21(28-3)22(15-19)29-4/h5-9,14-16,23H,10-13H2,1-4H3. The van der Waals surface area contributed by atoms with E-state index >= 15 is 0 Å². The summed E-state index contributed by atoms with van der Waals surface area (Å²) in [6.45, 7) is 2.97. The lowest BCUT2D eigenvalue weighted by molar-refractivity contribution is 0.0593. The number of carbonyl (C=O) groups excluding carboxylic acids is 1. The first-order chi connectivity index (χ1) is 14.5. The molecule has 0 radical (unpaired) electrons. The van der Waals surface area contributed by atoms with Crippen LogP contribution in [0.2, 0.25) is 0 Å². The molecule has 1 fully saturated rings. The Bertz CT molecular complexity index is 983. The van der Waals surface area contributed by atoms with Gasteiger partial charge in [-0.15, -0.1) is 0 Å². The van der Waals surface area contributed by atoms with E-state index in [0.29, 0.717) is 5.56 Å². The number of benzene rings is 2. The fraction of sp³-hybridized carbons (Fsp3) is 0.400. The molecule has 0 amide bonds. The maximum Gasteiger partial charge on any atom is 0.343 e. The lowest BCUT2D eigenvalue weighted by Gasteiger charge is -2.40. The van der Waals surface area contributed by atoms with Crippen LogP contribution in [0.25, 0.3) is 0 Å². The van der Waals surface area contributed by atoms with Crippen molar-refractivity contribution in [3.05, 3.63) is 71.0 Å². The molecule has 0 spiro atoms. The van der Waals surface area contributed by atoms with Crippen LogP contribution in [0.1, 0.15) is 40.7 Å². The molecule has 1 saturated heterocycles. The lowest BCUT2D eigenvalue weighted by Crippen LogP contribution is -2.42. The third-order valence-electron chi connectivity index (χ3n) is 6.55. The number of ether oxygens (including phenoxy) is 3. The van der Waals surface area contributed by atoms with E-state index in [4.69, 9.17) is 14.2 Å². The van der Waals surface area contributed by atoms with Crippen molar-refractivity contribution >= 4 is 5.97 Å². The van der Waals surface area contributed by atoms with E-state index in [2.05, 4.69) is 30.2 Å². The highest BCUT2D eigenvalue weighted by Gasteiger charge is 2.48. The molecule has 5 nitrogen and oxygen atoms in total. The summed E-state index contributed by atoms with van der Waals surface area (Å²) in [6, 6.07) is 13.9. The molecule has 0 saturated carbocycles. The summed E-state index contributed by atoms with van der Waals surface area (Å²) < 4.78 is 16.8. The quantitative estimate of drug-likeness (QED) is 0.684. The number of rotatable bonds is 5.